The van der Waals surface area contributed by atoms with Gasteiger partial charge in [0.1, 0.15) is 5.75 Å². The number of likely N-dealkylation sites (tertiary alicyclic amines) is 1. The van der Waals surface area contributed by atoms with E-state index in [0.717, 1.165) is 42.8 Å². The number of carboxylic acids is 1. The normalized spacial score (nSPS) is 18.3. The SMILES string of the molecule is COc1ccccc1-c1ccc(CN2CCCC(C(=O)O)C2)cc1. The molecule has 3 rings (SSSR count). The van der Waals surface area contributed by atoms with Gasteiger partial charge in [0.05, 0.1) is 13.0 Å². The summed E-state index contributed by atoms with van der Waals surface area (Å²) in [5.74, 6) is -0.0385. The van der Waals surface area contributed by atoms with Crippen LogP contribution in [0, 0.1) is 5.92 Å². The maximum atomic E-state index is 11.2. The van der Waals surface area contributed by atoms with Crippen LogP contribution < -0.4 is 4.74 Å². The maximum absolute atomic E-state index is 11.2. The van der Waals surface area contributed by atoms with Gasteiger partial charge in [-0.15, -0.1) is 0 Å². The molecular weight excluding hydrogens is 302 g/mol. The first-order chi connectivity index (χ1) is 11.7. The minimum atomic E-state index is -0.675. The van der Waals surface area contributed by atoms with Crippen LogP contribution in [-0.2, 0) is 11.3 Å². The van der Waals surface area contributed by atoms with Crippen LogP contribution in [0.25, 0.3) is 11.1 Å². The second-order valence-electron chi connectivity index (χ2n) is 6.31. The van der Waals surface area contributed by atoms with Crippen molar-refractivity contribution in [1.82, 2.24) is 4.90 Å². The molecular formula is C20H23NO3. The zero-order valence-corrected chi connectivity index (χ0v) is 13.9. The molecule has 4 nitrogen and oxygen atoms in total. The summed E-state index contributed by atoms with van der Waals surface area (Å²) in [5, 5.41) is 9.20. The molecule has 1 aliphatic heterocycles. The van der Waals surface area contributed by atoms with E-state index in [9.17, 15) is 9.90 Å². The Morgan fingerprint density at radius 1 is 1.21 bits per heavy atom. The lowest BCUT2D eigenvalue weighted by atomic mass is 9.97. The van der Waals surface area contributed by atoms with E-state index in [1.165, 1.54) is 5.56 Å². The van der Waals surface area contributed by atoms with Crippen molar-refractivity contribution >= 4 is 5.97 Å². The minimum Gasteiger partial charge on any atom is -0.496 e. The summed E-state index contributed by atoms with van der Waals surface area (Å²) in [6.45, 7) is 2.41. The Hall–Kier alpha value is -2.33. The zero-order valence-electron chi connectivity index (χ0n) is 13.9. The Morgan fingerprint density at radius 3 is 2.67 bits per heavy atom. The fourth-order valence-electron chi connectivity index (χ4n) is 3.33. The number of para-hydroxylation sites is 1. The second kappa shape index (κ2) is 7.49. The summed E-state index contributed by atoms with van der Waals surface area (Å²) >= 11 is 0. The highest BCUT2D eigenvalue weighted by Gasteiger charge is 2.25. The molecule has 1 unspecified atom stereocenters. The number of hydrogen-bond acceptors (Lipinski definition) is 3. The highest BCUT2D eigenvalue weighted by molar-refractivity contribution is 5.71. The number of rotatable bonds is 5. The Morgan fingerprint density at radius 2 is 1.96 bits per heavy atom. The molecule has 4 heteroatoms. The van der Waals surface area contributed by atoms with E-state index in [-0.39, 0.29) is 5.92 Å². The first-order valence-electron chi connectivity index (χ1n) is 8.35. The first-order valence-corrected chi connectivity index (χ1v) is 8.35. The Balaban J connectivity index is 1.70. The average molecular weight is 325 g/mol. The third-order valence-electron chi connectivity index (χ3n) is 4.63. The van der Waals surface area contributed by atoms with Gasteiger partial charge in [-0.1, -0.05) is 42.5 Å². The molecule has 1 saturated heterocycles. The molecule has 1 N–H and O–H groups in total. The molecule has 0 bridgehead atoms. The molecule has 0 aliphatic carbocycles. The summed E-state index contributed by atoms with van der Waals surface area (Å²) in [6.07, 6.45) is 1.74. The van der Waals surface area contributed by atoms with Gasteiger partial charge in [-0.3, -0.25) is 9.69 Å². The molecule has 24 heavy (non-hydrogen) atoms. The third kappa shape index (κ3) is 3.77. The van der Waals surface area contributed by atoms with Gasteiger partial charge >= 0.3 is 5.97 Å². The molecule has 0 saturated carbocycles. The fraction of sp³-hybridized carbons (Fsp3) is 0.350. The van der Waals surface area contributed by atoms with E-state index in [2.05, 4.69) is 35.2 Å². The fourth-order valence-corrected chi connectivity index (χ4v) is 3.33. The number of hydrogen-bond donors (Lipinski definition) is 1. The van der Waals surface area contributed by atoms with Crippen LogP contribution in [0.3, 0.4) is 0 Å². The van der Waals surface area contributed by atoms with Crippen molar-refractivity contribution in [2.75, 3.05) is 20.2 Å². The van der Waals surface area contributed by atoms with Crippen molar-refractivity contribution < 1.29 is 14.6 Å². The second-order valence-corrected chi connectivity index (χ2v) is 6.31. The van der Waals surface area contributed by atoms with Crippen LogP contribution in [0.2, 0.25) is 0 Å². The molecule has 1 aliphatic rings. The van der Waals surface area contributed by atoms with Gasteiger partial charge in [-0.05, 0) is 36.6 Å². The van der Waals surface area contributed by atoms with Gasteiger partial charge in [-0.25, -0.2) is 0 Å². The summed E-state index contributed by atoms with van der Waals surface area (Å²) < 4.78 is 5.42. The van der Waals surface area contributed by atoms with Gasteiger partial charge in [0.15, 0.2) is 0 Å². The summed E-state index contributed by atoms with van der Waals surface area (Å²) in [6, 6.07) is 16.4. The van der Waals surface area contributed by atoms with Crippen molar-refractivity contribution in [3.63, 3.8) is 0 Å². The predicted molar refractivity (Wildman–Crippen MR) is 94.1 cm³/mol. The van der Waals surface area contributed by atoms with Crippen LogP contribution in [0.5, 0.6) is 5.75 Å². The van der Waals surface area contributed by atoms with Gasteiger partial charge in [0.25, 0.3) is 0 Å². The Kier molecular flexibility index (Phi) is 5.16. The van der Waals surface area contributed by atoms with Crippen LogP contribution >= 0.6 is 0 Å². The van der Waals surface area contributed by atoms with E-state index < -0.39 is 5.97 Å². The third-order valence-corrected chi connectivity index (χ3v) is 4.63. The number of nitrogens with zero attached hydrogens (tertiary/aromatic N) is 1. The standard InChI is InChI=1S/C20H23NO3/c1-24-19-7-3-2-6-18(19)16-10-8-15(9-11-16)13-21-12-4-5-17(14-21)20(22)23/h2-3,6-11,17H,4-5,12-14H2,1H3,(H,22,23). The van der Waals surface area contributed by atoms with Crippen LogP contribution in [0.15, 0.2) is 48.5 Å². The average Bonchev–Trinajstić information content (AvgIpc) is 2.62. The largest absolute Gasteiger partial charge is 0.496 e. The maximum Gasteiger partial charge on any atom is 0.307 e. The Labute approximate surface area is 142 Å². The number of aliphatic carboxylic acids is 1. The lowest BCUT2D eigenvalue weighted by Gasteiger charge is -2.30. The summed E-state index contributed by atoms with van der Waals surface area (Å²) in [5.41, 5.74) is 3.41. The molecule has 1 fully saturated rings. The van der Waals surface area contributed by atoms with Crippen molar-refractivity contribution in [2.45, 2.75) is 19.4 Å². The van der Waals surface area contributed by atoms with E-state index >= 15 is 0 Å². The lowest BCUT2D eigenvalue weighted by molar-refractivity contribution is -0.143. The predicted octanol–water partition coefficient (Wildman–Crippen LogP) is 3.66. The quantitative estimate of drug-likeness (QED) is 0.911. The van der Waals surface area contributed by atoms with Crippen LogP contribution in [0.4, 0.5) is 0 Å². The first kappa shape index (κ1) is 16.5. The summed E-state index contributed by atoms with van der Waals surface area (Å²) in [4.78, 5) is 13.4. The topological polar surface area (TPSA) is 49.8 Å². The number of methoxy groups -OCH3 is 1. The molecule has 0 aromatic heterocycles. The number of carbonyl (C=O) groups is 1. The monoisotopic (exact) mass is 325 g/mol. The smallest absolute Gasteiger partial charge is 0.307 e. The lowest BCUT2D eigenvalue weighted by Crippen LogP contribution is -2.38. The molecule has 0 amide bonds. The molecule has 0 spiro atoms. The van der Waals surface area contributed by atoms with E-state index in [4.69, 9.17) is 4.74 Å². The van der Waals surface area contributed by atoms with Gasteiger partial charge in [0, 0.05) is 18.7 Å². The van der Waals surface area contributed by atoms with Crippen molar-refractivity contribution in [1.29, 1.82) is 0 Å². The highest BCUT2D eigenvalue weighted by atomic mass is 16.5. The molecule has 2 aromatic carbocycles. The number of ether oxygens (including phenoxy) is 1. The van der Waals surface area contributed by atoms with Gasteiger partial charge < -0.3 is 9.84 Å². The highest BCUT2D eigenvalue weighted by Crippen LogP contribution is 2.30. The van der Waals surface area contributed by atoms with Crippen LogP contribution in [0.1, 0.15) is 18.4 Å². The molecule has 0 radical (unpaired) electrons. The van der Waals surface area contributed by atoms with Crippen LogP contribution in [-0.4, -0.2) is 36.2 Å². The Bertz CT molecular complexity index is 696. The van der Waals surface area contributed by atoms with Gasteiger partial charge in [-0.2, -0.15) is 0 Å². The van der Waals surface area contributed by atoms with E-state index in [0.29, 0.717) is 6.54 Å². The number of piperidine rings is 1. The van der Waals surface area contributed by atoms with E-state index in [1.807, 2.05) is 18.2 Å². The number of benzene rings is 2. The minimum absolute atomic E-state index is 0.230. The molecule has 126 valence electrons. The summed E-state index contributed by atoms with van der Waals surface area (Å²) in [7, 11) is 1.68. The van der Waals surface area contributed by atoms with Crippen molar-refractivity contribution in [2.24, 2.45) is 5.92 Å². The zero-order chi connectivity index (χ0) is 16.9. The molecule has 1 atom stereocenters. The van der Waals surface area contributed by atoms with E-state index in [1.54, 1.807) is 7.11 Å². The van der Waals surface area contributed by atoms with Crippen molar-refractivity contribution in [3.8, 4) is 16.9 Å². The van der Waals surface area contributed by atoms with Gasteiger partial charge in [0.2, 0.25) is 0 Å². The number of carboxylic acid groups (broad SMARTS) is 1. The molecule has 2 aromatic rings. The van der Waals surface area contributed by atoms with Crippen molar-refractivity contribution in [3.05, 3.63) is 54.1 Å². The molecule has 1 heterocycles.